The number of halogens is 2. The molecule has 0 aromatic carbocycles. The standard InChI is InChI=1S/C22H28F2O5S/c1-10-6-11-12-7-14(23)13-8-15(26)17(27)18(28)21(13,3)22(12,24)5-4-20(11,2)16(10)19(29)30-9-25/h8,10-12,14,16,25,27-28H,4-7,9H2,1-3H3/t10-,11+,12+,14+,16-,20+,21-,22-/m1/s1. The van der Waals surface area contributed by atoms with Crippen LogP contribution in [0.4, 0.5) is 8.78 Å². The van der Waals surface area contributed by atoms with Crippen LogP contribution in [0.25, 0.3) is 0 Å². The minimum Gasteiger partial charge on any atom is -0.507 e. The molecule has 4 aliphatic rings. The smallest absolute Gasteiger partial charge is 0.223 e. The van der Waals surface area contributed by atoms with Crippen LogP contribution in [0.5, 0.6) is 0 Å². The van der Waals surface area contributed by atoms with Crippen molar-refractivity contribution in [3.8, 4) is 0 Å². The first-order valence-electron chi connectivity index (χ1n) is 10.4. The third-order valence-electron chi connectivity index (χ3n) is 8.74. The van der Waals surface area contributed by atoms with E-state index in [2.05, 4.69) is 0 Å². The van der Waals surface area contributed by atoms with Gasteiger partial charge in [-0.05, 0) is 61.5 Å². The lowest BCUT2D eigenvalue weighted by Gasteiger charge is -2.60. The molecule has 0 radical (unpaired) electrons. The zero-order valence-corrected chi connectivity index (χ0v) is 18.1. The summed E-state index contributed by atoms with van der Waals surface area (Å²) in [6.07, 6.45) is 0.0811. The van der Waals surface area contributed by atoms with Crippen molar-refractivity contribution in [1.29, 1.82) is 0 Å². The van der Waals surface area contributed by atoms with E-state index in [0.29, 0.717) is 12.8 Å². The normalized spacial score (nSPS) is 48.0. The highest BCUT2D eigenvalue weighted by atomic mass is 32.2. The summed E-state index contributed by atoms with van der Waals surface area (Å²) in [4.78, 5) is 24.7. The molecule has 0 aromatic heterocycles. The Morgan fingerprint density at radius 1 is 1.23 bits per heavy atom. The Kier molecular flexibility index (Phi) is 4.94. The Balaban J connectivity index is 1.80. The fourth-order valence-corrected chi connectivity index (χ4v) is 8.08. The first-order chi connectivity index (χ1) is 13.9. The predicted molar refractivity (Wildman–Crippen MR) is 108 cm³/mol. The molecule has 3 saturated carbocycles. The third-order valence-corrected chi connectivity index (χ3v) is 9.41. The van der Waals surface area contributed by atoms with Crippen LogP contribution >= 0.6 is 11.8 Å². The molecular weight excluding hydrogens is 414 g/mol. The molecule has 0 saturated heterocycles. The number of aliphatic hydroxyl groups is 3. The summed E-state index contributed by atoms with van der Waals surface area (Å²) in [5.41, 5.74) is -4.52. The maximum atomic E-state index is 16.9. The van der Waals surface area contributed by atoms with Gasteiger partial charge in [0.15, 0.2) is 10.9 Å². The molecule has 4 aliphatic carbocycles. The first-order valence-corrected chi connectivity index (χ1v) is 11.4. The van der Waals surface area contributed by atoms with E-state index >= 15 is 8.78 Å². The maximum absolute atomic E-state index is 16.9. The van der Waals surface area contributed by atoms with E-state index in [0.717, 1.165) is 17.8 Å². The van der Waals surface area contributed by atoms with Crippen LogP contribution in [0, 0.1) is 34.5 Å². The van der Waals surface area contributed by atoms with Crippen LogP contribution in [0.2, 0.25) is 0 Å². The molecule has 8 atom stereocenters. The van der Waals surface area contributed by atoms with Crippen molar-refractivity contribution in [2.24, 2.45) is 34.5 Å². The van der Waals surface area contributed by atoms with Crippen molar-refractivity contribution in [3.63, 3.8) is 0 Å². The number of rotatable bonds is 2. The number of alkyl halides is 2. The van der Waals surface area contributed by atoms with Crippen molar-refractivity contribution in [3.05, 3.63) is 23.2 Å². The van der Waals surface area contributed by atoms with E-state index in [9.17, 15) is 24.9 Å². The molecular formula is C22H28F2O5S. The Morgan fingerprint density at radius 2 is 1.90 bits per heavy atom. The average molecular weight is 443 g/mol. The Morgan fingerprint density at radius 3 is 2.53 bits per heavy atom. The van der Waals surface area contributed by atoms with Crippen LogP contribution in [0.1, 0.15) is 46.5 Å². The lowest BCUT2D eigenvalue weighted by molar-refractivity contribution is -0.154. The van der Waals surface area contributed by atoms with Gasteiger partial charge in [0, 0.05) is 11.8 Å². The van der Waals surface area contributed by atoms with Crippen molar-refractivity contribution in [1.82, 2.24) is 0 Å². The molecule has 8 heteroatoms. The van der Waals surface area contributed by atoms with Crippen LogP contribution < -0.4 is 0 Å². The molecule has 0 amide bonds. The Hall–Kier alpha value is -1.41. The van der Waals surface area contributed by atoms with Crippen molar-refractivity contribution in [2.75, 3.05) is 5.94 Å². The second kappa shape index (κ2) is 6.79. The van der Waals surface area contributed by atoms with Gasteiger partial charge in [0.1, 0.15) is 11.8 Å². The van der Waals surface area contributed by atoms with Crippen LogP contribution in [-0.2, 0) is 9.59 Å². The van der Waals surface area contributed by atoms with Gasteiger partial charge in [-0.25, -0.2) is 8.78 Å². The first kappa shape index (κ1) is 21.8. The Bertz CT molecular complexity index is 872. The maximum Gasteiger partial charge on any atom is 0.223 e. The molecule has 0 spiro atoms. The summed E-state index contributed by atoms with van der Waals surface area (Å²) in [6, 6.07) is 0. The second-order valence-electron chi connectivity index (χ2n) is 9.85. The van der Waals surface area contributed by atoms with E-state index in [-0.39, 0.29) is 47.2 Å². The second-order valence-corrected chi connectivity index (χ2v) is 10.8. The van der Waals surface area contributed by atoms with E-state index in [4.69, 9.17) is 0 Å². The zero-order chi connectivity index (χ0) is 22.2. The summed E-state index contributed by atoms with van der Waals surface area (Å²) in [5, 5.41) is 29.8. The van der Waals surface area contributed by atoms with Gasteiger partial charge in [-0.1, -0.05) is 25.6 Å². The number of ketones is 1. The molecule has 0 aromatic rings. The summed E-state index contributed by atoms with van der Waals surface area (Å²) in [7, 11) is 0. The summed E-state index contributed by atoms with van der Waals surface area (Å²) >= 11 is 0.856. The number of fused-ring (bicyclic) bond motifs is 5. The molecule has 0 bridgehead atoms. The molecule has 0 unspecified atom stereocenters. The van der Waals surface area contributed by atoms with Gasteiger partial charge in [-0.2, -0.15) is 0 Å². The van der Waals surface area contributed by atoms with Gasteiger partial charge in [0.2, 0.25) is 11.5 Å². The van der Waals surface area contributed by atoms with E-state index < -0.39 is 45.9 Å². The zero-order valence-electron chi connectivity index (χ0n) is 17.3. The number of aliphatic hydroxyl groups excluding tert-OH is 3. The topological polar surface area (TPSA) is 94.8 Å². The van der Waals surface area contributed by atoms with Gasteiger partial charge in [-0.3, -0.25) is 9.59 Å². The quantitative estimate of drug-likeness (QED) is 0.556. The molecule has 30 heavy (non-hydrogen) atoms. The van der Waals surface area contributed by atoms with Gasteiger partial charge in [-0.15, -0.1) is 0 Å². The van der Waals surface area contributed by atoms with E-state index in [1.165, 1.54) is 6.92 Å². The van der Waals surface area contributed by atoms with E-state index in [1.54, 1.807) is 0 Å². The van der Waals surface area contributed by atoms with Crippen molar-refractivity contribution >= 4 is 22.7 Å². The lowest BCUT2D eigenvalue weighted by atomic mass is 9.45. The largest absolute Gasteiger partial charge is 0.507 e. The lowest BCUT2D eigenvalue weighted by Crippen LogP contribution is -2.63. The SMILES string of the molecule is C[C@@H]1C[C@H]2[C@@H]3C[C@H](F)C4=CC(=O)C(O)=C(O)[C@]4(C)[C@@]3(F)CC[C@]2(C)[C@H]1C(=O)SCO. The predicted octanol–water partition coefficient (Wildman–Crippen LogP) is 4.18. The van der Waals surface area contributed by atoms with Gasteiger partial charge in [0.25, 0.3) is 0 Å². The van der Waals surface area contributed by atoms with Crippen LogP contribution in [0.15, 0.2) is 23.2 Å². The summed E-state index contributed by atoms with van der Waals surface area (Å²) in [5.74, 6) is -4.40. The molecule has 166 valence electrons. The number of allylic oxidation sites excluding steroid dienone is 2. The average Bonchev–Trinajstić information content (AvgIpc) is 2.95. The number of carbonyl (C=O) groups excluding carboxylic acids is 2. The number of hydrogen-bond acceptors (Lipinski definition) is 6. The minimum atomic E-state index is -2.05. The molecule has 0 aliphatic heterocycles. The molecule has 3 N–H and O–H groups in total. The highest BCUT2D eigenvalue weighted by Gasteiger charge is 2.72. The fourth-order valence-electron chi connectivity index (χ4n) is 7.27. The number of thioether (sulfide) groups is 1. The van der Waals surface area contributed by atoms with Crippen molar-refractivity contribution < 1.29 is 33.7 Å². The highest BCUT2D eigenvalue weighted by Crippen LogP contribution is 2.71. The fraction of sp³-hybridized carbons (Fsp3) is 0.727. The third kappa shape index (κ3) is 2.49. The molecule has 0 heterocycles. The van der Waals surface area contributed by atoms with Crippen molar-refractivity contribution in [2.45, 2.75) is 58.3 Å². The molecule has 5 nitrogen and oxygen atoms in total. The summed E-state index contributed by atoms with van der Waals surface area (Å²) in [6.45, 7) is 5.27. The van der Waals surface area contributed by atoms with Crippen LogP contribution in [-0.4, -0.2) is 44.0 Å². The van der Waals surface area contributed by atoms with Gasteiger partial charge >= 0.3 is 0 Å². The van der Waals surface area contributed by atoms with Gasteiger partial charge < -0.3 is 15.3 Å². The molecule has 4 rings (SSSR count). The highest BCUT2D eigenvalue weighted by molar-refractivity contribution is 8.13. The van der Waals surface area contributed by atoms with Crippen LogP contribution in [0.3, 0.4) is 0 Å². The van der Waals surface area contributed by atoms with E-state index in [1.807, 2.05) is 13.8 Å². The monoisotopic (exact) mass is 442 g/mol. The minimum absolute atomic E-state index is 0.0168. The number of carbonyl (C=O) groups is 2. The summed E-state index contributed by atoms with van der Waals surface area (Å²) < 4.78 is 32.2. The number of hydrogen-bond donors (Lipinski definition) is 3. The molecule has 3 fully saturated rings. The Labute approximate surface area is 178 Å². The van der Waals surface area contributed by atoms with Gasteiger partial charge in [0.05, 0.1) is 11.4 Å².